The standard InChI is InChI=1S/C25H25.C13H8F2.C5H5.2ClH.Zr/c1-14-12-24(3,4)22-8-16-7-17-9-23-19(15(2)13-25(23,5)6)11-21(17)20(16)10-18(14)22;14-12-5-1-3-10(8-12)7-11-4-2-6-13(15)9-11;1-2-4-5-3-1;;;/h8-12H,7H2,1-6H3;1-6,8-9H;1-5H;2*1H;/q-1;;-1;;;+2/p-2. The van der Waals surface area contributed by atoms with Crippen molar-refractivity contribution in [3.8, 4) is 11.1 Å². The quantitative estimate of drug-likeness (QED) is 0.220. The van der Waals surface area contributed by atoms with E-state index in [0.717, 1.165) is 45.0 Å². The molecule has 0 unspecified atom stereocenters. The van der Waals surface area contributed by atoms with Crippen LogP contribution in [0.2, 0.25) is 0 Å². The second kappa shape index (κ2) is 14.8. The van der Waals surface area contributed by atoms with E-state index in [0.29, 0.717) is 0 Å². The second-order valence-electron chi connectivity index (χ2n) is 13.6. The van der Waals surface area contributed by atoms with Crippen molar-refractivity contribution in [3.05, 3.63) is 171 Å². The third kappa shape index (κ3) is 7.55. The zero-order valence-corrected chi connectivity index (χ0v) is 32.1. The van der Waals surface area contributed by atoms with Crippen LogP contribution in [-0.2, 0) is 41.5 Å². The van der Waals surface area contributed by atoms with Gasteiger partial charge in [-0.05, 0) is 58.4 Å². The Labute approximate surface area is 311 Å². The second-order valence-corrected chi connectivity index (χ2v) is 14.8. The first-order chi connectivity index (χ1) is 21.8. The van der Waals surface area contributed by atoms with Gasteiger partial charge in [-0.25, -0.2) is 17.7 Å². The van der Waals surface area contributed by atoms with Gasteiger partial charge in [-0.1, -0.05) is 58.2 Å². The van der Waals surface area contributed by atoms with Crippen molar-refractivity contribution < 1.29 is 57.8 Å². The maximum absolute atomic E-state index is 13.0. The molecule has 5 heteroatoms. The molecule has 8 rings (SSSR count). The topological polar surface area (TPSA) is 0 Å². The van der Waals surface area contributed by atoms with Crippen LogP contribution in [0.1, 0.15) is 86.1 Å². The van der Waals surface area contributed by atoms with Gasteiger partial charge in [0.25, 0.3) is 0 Å². The first-order valence-corrected chi connectivity index (χ1v) is 17.0. The SMILES string of the molecule is CC1=[C-]C(C)(C)c2cc3c(cc21)-c1cc2c(cc1C3)C(C)(C)C=C2C.Fc1cccc([C](=[Zr+2])c2cccc(F)c2)c1.[Cl-].[Cl-].c1cc[cH-]c1. The fourth-order valence-corrected chi connectivity index (χ4v) is 7.81. The molecule has 48 heavy (non-hydrogen) atoms. The van der Waals surface area contributed by atoms with E-state index in [1.807, 2.05) is 42.5 Å². The molecule has 5 aromatic carbocycles. The van der Waals surface area contributed by atoms with Crippen LogP contribution in [0.25, 0.3) is 22.3 Å². The van der Waals surface area contributed by atoms with E-state index in [2.05, 4.69) is 78.0 Å². The molecule has 0 saturated carbocycles. The summed E-state index contributed by atoms with van der Waals surface area (Å²) in [5.41, 5.74) is 16.2. The van der Waals surface area contributed by atoms with Gasteiger partial charge < -0.3 is 24.8 Å². The molecule has 0 N–H and O–H groups in total. The summed E-state index contributed by atoms with van der Waals surface area (Å²) in [4.78, 5) is 0. The third-order valence-corrected chi connectivity index (χ3v) is 10.6. The number of fused-ring (bicyclic) bond motifs is 5. The minimum atomic E-state index is -0.270. The van der Waals surface area contributed by atoms with Crippen molar-refractivity contribution in [1.29, 1.82) is 0 Å². The maximum atomic E-state index is 13.0. The molecular weight excluding hydrogens is 717 g/mol. The summed E-state index contributed by atoms with van der Waals surface area (Å²) < 4.78 is 27.0. The van der Waals surface area contributed by atoms with Crippen LogP contribution in [0.3, 0.4) is 0 Å². The van der Waals surface area contributed by atoms with E-state index in [4.69, 9.17) is 0 Å². The minimum absolute atomic E-state index is 0. The Bertz CT molecular complexity index is 1880. The average Bonchev–Trinajstić information content (AvgIpc) is 3.78. The average molecular weight is 755 g/mol. The van der Waals surface area contributed by atoms with Crippen LogP contribution in [0.5, 0.6) is 0 Å². The number of halogens is 4. The van der Waals surface area contributed by atoms with E-state index >= 15 is 0 Å². The summed E-state index contributed by atoms with van der Waals surface area (Å²) in [7, 11) is 0. The van der Waals surface area contributed by atoms with Crippen molar-refractivity contribution >= 4 is 14.4 Å². The van der Waals surface area contributed by atoms with Gasteiger partial charge in [0.05, 0.1) is 0 Å². The fraction of sp³-hybridized carbons (Fsp3) is 0.209. The number of hydrogen-bond donors (Lipinski definition) is 0. The molecule has 0 aliphatic heterocycles. The summed E-state index contributed by atoms with van der Waals surface area (Å²) in [5, 5.41) is 0. The largest absolute Gasteiger partial charge is 1.00 e. The molecule has 0 fully saturated rings. The Morgan fingerprint density at radius 1 is 0.688 bits per heavy atom. The molecule has 0 amide bonds. The van der Waals surface area contributed by atoms with Crippen molar-refractivity contribution in [2.75, 3.05) is 0 Å². The Balaban J connectivity index is 0.000000195. The van der Waals surface area contributed by atoms with Gasteiger partial charge in [-0.15, -0.1) is 11.6 Å². The molecule has 0 radical (unpaired) electrons. The number of rotatable bonds is 2. The summed E-state index contributed by atoms with van der Waals surface area (Å²) in [6.07, 6.45) is 7.13. The molecule has 0 bridgehead atoms. The van der Waals surface area contributed by atoms with E-state index in [-0.39, 0.29) is 47.3 Å². The van der Waals surface area contributed by atoms with Gasteiger partial charge >= 0.3 is 108 Å². The van der Waals surface area contributed by atoms with Gasteiger partial charge in [0.1, 0.15) is 0 Å². The predicted molar refractivity (Wildman–Crippen MR) is 185 cm³/mol. The summed E-state index contributed by atoms with van der Waals surface area (Å²) in [5.74, 6) is -0.539. The first-order valence-electron chi connectivity index (χ1n) is 15.8. The number of hydrogen-bond acceptors (Lipinski definition) is 0. The van der Waals surface area contributed by atoms with E-state index in [9.17, 15) is 8.78 Å². The Kier molecular flexibility index (Phi) is 11.6. The van der Waals surface area contributed by atoms with Crippen LogP contribution in [0.4, 0.5) is 8.78 Å². The third-order valence-electron chi connectivity index (χ3n) is 9.21. The van der Waals surface area contributed by atoms with Crippen molar-refractivity contribution in [2.24, 2.45) is 0 Å². The van der Waals surface area contributed by atoms with Crippen LogP contribution >= 0.6 is 0 Å². The minimum Gasteiger partial charge on any atom is -1.00 e. The van der Waals surface area contributed by atoms with Crippen LogP contribution in [0, 0.1) is 17.7 Å². The number of benzene rings is 4. The Hall–Kier alpha value is -3.10. The van der Waals surface area contributed by atoms with E-state index < -0.39 is 0 Å². The fourth-order valence-electron chi connectivity index (χ4n) is 7.05. The molecule has 0 spiro atoms. The molecule has 0 heterocycles. The predicted octanol–water partition coefficient (Wildman–Crippen LogP) is 4.94. The first kappa shape index (κ1) is 37.7. The molecule has 0 nitrogen and oxygen atoms in total. The van der Waals surface area contributed by atoms with E-state index in [1.165, 1.54) is 79.9 Å². The molecule has 244 valence electrons. The number of allylic oxidation sites excluding steroid dienone is 4. The normalized spacial score (nSPS) is 15.0. The van der Waals surface area contributed by atoms with Crippen LogP contribution < -0.4 is 24.8 Å². The van der Waals surface area contributed by atoms with Gasteiger partial charge in [0.2, 0.25) is 0 Å². The molecular formula is C43H38Cl2F2Zr-2. The molecule has 3 aliphatic rings. The van der Waals surface area contributed by atoms with Gasteiger partial charge in [0.15, 0.2) is 0 Å². The van der Waals surface area contributed by atoms with Gasteiger partial charge in [-0.2, -0.15) is 23.8 Å². The summed E-state index contributed by atoms with van der Waals surface area (Å²) in [6.45, 7) is 13.7. The van der Waals surface area contributed by atoms with Crippen molar-refractivity contribution in [1.82, 2.24) is 0 Å². The molecule has 0 atom stereocenters. The zero-order valence-electron chi connectivity index (χ0n) is 28.1. The van der Waals surface area contributed by atoms with Crippen molar-refractivity contribution in [2.45, 2.75) is 58.8 Å². The van der Waals surface area contributed by atoms with E-state index in [1.54, 1.807) is 12.1 Å². The van der Waals surface area contributed by atoms with Crippen LogP contribution in [-0.4, -0.2) is 3.21 Å². The monoisotopic (exact) mass is 752 g/mol. The smallest absolute Gasteiger partial charge is 0.172 e. The molecule has 5 aromatic rings. The molecule has 3 aliphatic carbocycles. The summed E-state index contributed by atoms with van der Waals surface area (Å²) in [6, 6.07) is 32.5. The Morgan fingerprint density at radius 2 is 1.21 bits per heavy atom. The molecule has 0 saturated heterocycles. The van der Waals surface area contributed by atoms with Crippen LogP contribution in [0.15, 0.2) is 109 Å². The van der Waals surface area contributed by atoms with Gasteiger partial charge in [0, 0.05) is 5.41 Å². The van der Waals surface area contributed by atoms with Gasteiger partial charge in [-0.3, -0.25) is 6.08 Å². The Morgan fingerprint density at radius 3 is 1.71 bits per heavy atom. The maximum Gasteiger partial charge on any atom is -0.172 e. The molecule has 0 aromatic heterocycles. The zero-order chi connectivity index (χ0) is 32.8. The summed E-state index contributed by atoms with van der Waals surface area (Å²) >= 11 is 1.13. The van der Waals surface area contributed by atoms with Crippen molar-refractivity contribution in [3.63, 3.8) is 0 Å².